The van der Waals surface area contributed by atoms with E-state index in [4.69, 9.17) is 0 Å². The molecular weight excluding hydrogens is 218 g/mol. The Kier molecular flexibility index (Phi) is 4.91. The number of aliphatic hydroxyl groups is 1. The normalized spacial score (nSPS) is 27.5. The fourth-order valence-corrected chi connectivity index (χ4v) is 2.51. The van der Waals surface area contributed by atoms with Gasteiger partial charge in [-0.05, 0) is 27.4 Å². The molecule has 1 amide bonds. The van der Waals surface area contributed by atoms with Crippen molar-refractivity contribution >= 4 is 5.91 Å². The lowest BCUT2D eigenvalue weighted by atomic mass is 10.1. The molecule has 3 atom stereocenters. The maximum atomic E-state index is 12.0. The van der Waals surface area contributed by atoms with Crippen molar-refractivity contribution in [1.29, 1.82) is 0 Å². The Morgan fingerprint density at radius 1 is 1.41 bits per heavy atom. The van der Waals surface area contributed by atoms with Gasteiger partial charge in [-0.1, -0.05) is 0 Å². The Morgan fingerprint density at radius 2 is 2.00 bits per heavy atom. The van der Waals surface area contributed by atoms with Crippen LogP contribution >= 0.6 is 0 Å². The van der Waals surface area contributed by atoms with Crippen molar-refractivity contribution in [2.75, 3.05) is 41.3 Å². The van der Waals surface area contributed by atoms with Crippen LogP contribution in [-0.4, -0.2) is 85.2 Å². The summed E-state index contributed by atoms with van der Waals surface area (Å²) in [6.45, 7) is 3.39. The van der Waals surface area contributed by atoms with Crippen molar-refractivity contribution in [2.45, 2.75) is 31.5 Å². The summed E-state index contributed by atoms with van der Waals surface area (Å²) in [4.78, 5) is 17.8. The minimum Gasteiger partial charge on any atom is -0.392 e. The van der Waals surface area contributed by atoms with Crippen molar-refractivity contribution in [3.8, 4) is 0 Å². The third-order valence-electron chi connectivity index (χ3n) is 3.31. The van der Waals surface area contributed by atoms with Gasteiger partial charge in [0, 0.05) is 33.2 Å². The molecule has 5 heteroatoms. The zero-order valence-corrected chi connectivity index (χ0v) is 11.6. The Hall–Kier alpha value is -0.650. The molecule has 1 aliphatic heterocycles. The minimum absolute atomic E-state index is 0.0999. The van der Waals surface area contributed by atoms with Gasteiger partial charge in [0.1, 0.15) is 0 Å². The number of β-amino-alcohol motifs (C(OH)–C–C–N with tert-alkyl or cyclic N) is 1. The van der Waals surface area contributed by atoms with Crippen LogP contribution < -0.4 is 0 Å². The monoisotopic (exact) mass is 243 g/mol. The predicted molar refractivity (Wildman–Crippen MR) is 67.8 cm³/mol. The summed E-state index contributed by atoms with van der Waals surface area (Å²) >= 11 is 0. The van der Waals surface area contributed by atoms with E-state index < -0.39 is 0 Å². The van der Waals surface area contributed by atoms with Crippen LogP contribution in [0.1, 0.15) is 13.3 Å². The van der Waals surface area contributed by atoms with E-state index in [1.807, 2.05) is 21.0 Å². The fourth-order valence-electron chi connectivity index (χ4n) is 2.51. The van der Waals surface area contributed by atoms with Gasteiger partial charge in [0.15, 0.2) is 0 Å². The Balaban J connectivity index is 2.69. The highest BCUT2D eigenvalue weighted by molar-refractivity contribution is 5.81. The second kappa shape index (κ2) is 5.80. The number of likely N-dealkylation sites (tertiary alicyclic amines) is 1. The van der Waals surface area contributed by atoms with Gasteiger partial charge < -0.3 is 14.9 Å². The molecule has 17 heavy (non-hydrogen) atoms. The van der Waals surface area contributed by atoms with Crippen LogP contribution in [0.5, 0.6) is 0 Å². The molecule has 0 aromatic carbocycles. The van der Waals surface area contributed by atoms with Gasteiger partial charge >= 0.3 is 0 Å². The third-order valence-corrected chi connectivity index (χ3v) is 3.31. The molecule has 100 valence electrons. The smallest absolute Gasteiger partial charge is 0.239 e. The molecule has 5 nitrogen and oxygen atoms in total. The van der Waals surface area contributed by atoms with Gasteiger partial charge in [-0.3, -0.25) is 9.69 Å². The van der Waals surface area contributed by atoms with Gasteiger partial charge in [0.2, 0.25) is 5.91 Å². The second-order valence-corrected chi connectivity index (χ2v) is 5.41. The molecule has 0 spiro atoms. The van der Waals surface area contributed by atoms with Crippen molar-refractivity contribution in [1.82, 2.24) is 14.7 Å². The Bertz CT molecular complexity index is 268. The SMILES string of the molecule is CC(C(=O)N(C)C)N1CC(O)CC1CN(C)C. The quantitative estimate of drug-likeness (QED) is 0.720. The molecule has 1 fully saturated rings. The van der Waals surface area contributed by atoms with Crippen molar-refractivity contribution in [3.05, 3.63) is 0 Å². The highest BCUT2D eigenvalue weighted by Crippen LogP contribution is 2.21. The summed E-state index contributed by atoms with van der Waals surface area (Å²) in [6, 6.07) is 0.103. The summed E-state index contributed by atoms with van der Waals surface area (Å²) in [7, 11) is 7.57. The van der Waals surface area contributed by atoms with Crippen LogP contribution in [0.15, 0.2) is 0 Å². The summed E-state index contributed by atoms with van der Waals surface area (Å²) in [5.74, 6) is 0.0999. The van der Waals surface area contributed by atoms with Gasteiger partial charge in [0.05, 0.1) is 12.1 Å². The fraction of sp³-hybridized carbons (Fsp3) is 0.917. The van der Waals surface area contributed by atoms with Crippen LogP contribution in [0.3, 0.4) is 0 Å². The van der Waals surface area contributed by atoms with E-state index >= 15 is 0 Å². The van der Waals surface area contributed by atoms with E-state index in [0.717, 1.165) is 13.0 Å². The number of hydrogen-bond acceptors (Lipinski definition) is 4. The molecule has 0 bridgehead atoms. The van der Waals surface area contributed by atoms with Crippen molar-refractivity contribution in [3.63, 3.8) is 0 Å². The van der Waals surface area contributed by atoms with E-state index in [0.29, 0.717) is 6.54 Å². The summed E-state index contributed by atoms with van der Waals surface area (Å²) < 4.78 is 0. The minimum atomic E-state index is -0.308. The lowest BCUT2D eigenvalue weighted by Crippen LogP contribution is -2.49. The topological polar surface area (TPSA) is 47.0 Å². The number of hydrogen-bond donors (Lipinski definition) is 1. The average molecular weight is 243 g/mol. The number of amides is 1. The number of carbonyl (C=O) groups is 1. The molecule has 0 aromatic heterocycles. The van der Waals surface area contributed by atoms with E-state index in [1.165, 1.54) is 0 Å². The first kappa shape index (κ1) is 14.4. The first-order valence-corrected chi connectivity index (χ1v) is 6.12. The maximum Gasteiger partial charge on any atom is 0.239 e. The molecule has 1 rings (SSSR count). The van der Waals surface area contributed by atoms with Crippen molar-refractivity contribution < 1.29 is 9.90 Å². The molecular formula is C12H25N3O2. The number of nitrogens with zero attached hydrogens (tertiary/aromatic N) is 3. The number of aliphatic hydroxyl groups excluding tert-OH is 1. The third kappa shape index (κ3) is 3.66. The zero-order valence-electron chi connectivity index (χ0n) is 11.6. The van der Waals surface area contributed by atoms with Gasteiger partial charge in [-0.25, -0.2) is 0 Å². The predicted octanol–water partition coefficient (Wildman–Crippen LogP) is -0.540. The van der Waals surface area contributed by atoms with Crippen molar-refractivity contribution in [2.24, 2.45) is 0 Å². The number of rotatable bonds is 4. The molecule has 1 saturated heterocycles. The van der Waals surface area contributed by atoms with Crippen LogP contribution in [-0.2, 0) is 4.79 Å². The highest BCUT2D eigenvalue weighted by atomic mass is 16.3. The van der Waals surface area contributed by atoms with E-state index in [2.05, 4.69) is 9.80 Å². The van der Waals surface area contributed by atoms with Crippen LogP contribution in [0.2, 0.25) is 0 Å². The highest BCUT2D eigenvalue weighted by Gasteiger charge is 2.36. The molecule has 0 aliphatic carbocycles. The standard InChI is InChI=1S/C12H25N3O2/c1-9(12(17)14(4)5)15-8-11(16)6-10(15)7-13(2)3/h9-11,16H,6-8H2,1-5H3. The average Bonchev–Trinajstić information content (AvgIpc) is 2.56. The summed E-state index contributed by atoms with van der Waals surface area (Å²) in [5.41, 5.74) is 0. The summed E-state index contributed by atoms with van der Waals surface area (Å²) in [6.07, 6.45) is 0.445. The summed E-state index contributed by atoms with van der Waals surface area (Å²) in [5, 5.41) is 9.77. The molecule has 0 aromatic rings. The number of likely N-dealkylation sites (N-methyl/N-ethyl adjacent to an activating group) is 2. The second-order valence-electron chi connectivity index (χ2n) is 5.41. The Labute approximate surface area is 104 Å². The van der Waals surface area contributed by atoms with E-state index in [1.54, 1.807) is 19.0 Å². The van der Waals surface area contributed by atoms with Crippen LogP contribution in [0, 0.1) is 0 Å². The first-order valence-electron chi connectivity index (χ1n) is 6.12. The van der Waals surface area contributed by atoms with E-state index in [-0.39, 0.29) is 24.1 Å². The lowest BCUT2D eigenvalue weighted by molar-refractivity contribution is -0.134. The molecule has 1 aliphatic rings. The zero-order chi connectivity index (χ0) is 13.2. The van der Waals surface area contributed by atoms with Crippen LogP contribution in [0.25, 0.3) is 0 Å². The molecule has 1 heterocycles. The molecule has 0 saturated carbocycles. The van der Waals surface area contributed by atoms with E-state index in [9.17, 15) is 9.90 Å². The van der Waals surface area contributed by atoms with Gasteiger partial charge in [-0.2, -0.15) is 0 Å². The molecule has 1 N–H and O–H groups in total. The maximum absolute atomic E-state index is 12.0. The van der Waals surface area contributed by atoms with Gasteiger partial charge in [-0.15, -0.1) is 0 Å². The Morgan fingerprint density at radius 3 is 2.47 bits per heavy atom. The molecule has 0 radical (unpaired) electrons. The molecule has 3 unspecified atom stereocenters. The van der Waals surface area contributed by atoms with Crippen LogP contribution in [0.4, 0.5) is 0 Å². The first-order chi connectivity index (χ1) is 7.82. The largest absolute Gasteiger partial charge is 0.392 e. The lowest BCUT2D eigenvalue weighted by Gasteiger charge is -2.32. The number of carbonyl (C=O) groups excluding carboxylic acids is 1. The van der Waals surface area contributed by atoms with Gasteiger partial charge in [0.25, 0.3) is 0 Å².